The smallest absolute Gasteiger partial charge is 0.117 e. The summed E-state index contributed by atoms with van der Waals surface area (Å²) in [5, 5.41) is 1.07. The number of rotatable bonds is 2. The van der Waals surface area contributed by atoms with Crippen molar-refractivity contribution in [2.75, 3.05) is 0 Å². The minimum absolute atomic E-state index is 1.07. The molecule has 2 aromatic carbocycles. The van der Waals surface area contributed by atoms with Crippen LogP contribution in [0.5, 0.6) is 0 Å². The van der Waals surface area contributed by atoms with E-state index in [2.05, 4.69) is 70.2 Å². The second kappa shape index (κ2) is 5.45. The van der Waals surface area contributed by atoms with Gasteiger partial charge in [0.2, 0.25) is 0 Å². The van der Waals surface area contributed by atoms with E-state index >= 15 is 0 Å². The third-order valence-corrected chi connectivity index (χ3v) is 4.84. The lowest BCUT2D eigenvalue weighted by atomic mass is 10.1. The van der Waals surface area contributed by atoms with Crippen LogP contribution in [0.25, 0.3) is 22.4 Å². The monoisotopic (exact) mass is 293 g/mol. The zero-order valence-electron chi connectivity index (χ0n) is 12.9. The SMILES string of the molecule is Cc1ccc(C)c(/C=C/c2nc3cc(C)c(C)cc3s2)c1. The summed E-state index contributed by atoms with van der Waals surface area (Å²) in [5.41, 5.74) is 7.58. The summed E-state index contributed by atoms with van der Waals surface area (Å²) < 4.78 is 1.26. The van der Waals surface area contributed by atoms with Gasteiger partial charge in [0.15, 0.2) is 0 Å². The van der Waals surface area contributed by atoms with E-state index in [0.717, 1.165) is 10.5 Å². The van der Waals surface area contributed by atoms with Crippen molar-refractivity contribution in [2.45, 2.75) is 27.7 Å². The maximum atomic E-state index is 4.71. The fraction of sp³-hybridized carbons (Fsp3) is 0.211. The molecule has 0 atom stereocenters. The molecule has 0 unspecified atom stereocenters. The molecule has 3 rings (SSSR count). The highest BCUT2D eigenvalue weighted by molar-refractivity contribution is 7.19. The highest BCUT2D eigenvalue weighted by atomic mass is 32.1. The van der Waals surface area contributed by atoms with Gasteiger partial charge in [-0.15, -0.1) is 11.3 Å². The van der Waals surface area contributed by atoms with E-state index in [1.165, 1.54) is 32.5 Å². The summed E-state index contributed by atoms with van der Waals surface area (Å²) in [6.45, 7) is 8.56. The predicted molar refractivity (Wildman–Crippen MR) is 93.9 cm³/mol. The Morgan fingerprint density at radius 2 is 1.62 bits per heavy atom. The molecule has 0 spiro atoms. The summed E-state index contributed by atoms with van der Waals surface area (Å²) in [6, 6.07) is 10.9. The molecule has 1 heterocycles. The average molecular weight is 293 g/mol. The van der Waals surface area contributed by atoms with E-state index in [4.69, 9.17) is 4.98 Å². The lowest BCUT2D eigenvalue weighted by molar-refractivity contribution is 1.35. The van der Waals surface area contributed by atoms with Crippen molar-refractivity contribution in [3.05, 3.63) is 63.2 Å². The first-order valence-electron chi connectivity index (χ1n) is 7.16. The van der Waals surface area contributed by atoms with E-state index in [1.807, 2.05) is 0 Å². The van der Waals surface area contributed by atoms with Crippen molar-refractivity contribution in [3.8, 4) is 0 Å². The van der Waals surface area contributed by atoms with E-state index < -0.39 is 0 Å². The molecule has 2 heteroatoms. The Hall–Kier alpha value is -1.93. The number of nitrogens with zero attached hydrogens (tertiary/aromatic N) is 1. The van der Waals surface area contributed by atoms with Crippen LogP contribution < -0.4 is 0 Å². The molecule has 0 amide bonds. The van der Waals surface area contributed by atoms with Crippen molar-refractivity contribution in [1.82, 2.24) is 4.98 Å². The largest absolute Gasteiger partial charge is 0.237 e. The standard InChI is InChI=1S/C19H19NS/c1-12-5-6-13(2)16(9-12)7-8-19-20-17-10-14(3)15(4)11-18(17)21-19/h5-11H,1-4H3/b8-7+. The number of thiazole rings is 1. The van der Waals surface area contributed by atoms with Crippen LogP contribution in [0.1, 0.15) is 32.8 Å². The number of aromatic nitrogens is 1. The van der Waals surface area contributed by atoms with E-state index in [9.17, 15) is 0 Å². The number of benzene rings is 2. The van der Waals surface area contributed by atoms with Crippen molar-refractivity contribution in [2.24, 2.45) is 0 Å². The molecule has 3 aromatic rings. The lowest BCUT2D eigenvalue weighted by Crippen LogP contribution is -1.82. The van der Waals surface area contributed by atoms with Gasteiger partial charge in [-0.3, -0.25) is 0 Å². The molecular formula is C19H19NS. The molecule has 0 saturated carbocycles. The van der Waals surface area contributed by atoms with E-state index in [0.29, 0.717) is 0 Å². The lowest BCUT2D eigenvalue weighted by Gasteiger charge is -2.00. The van der Waals surface area contributed by atoms with Gasteiger partial charge in [-0.2, -0.15) is 0 Å². The summed E-state index contributed by atoms with van der Waals surface area (Å²) in [7, 11) is 0. The Morgan fingerprint density at radius 3 is 2.43 bits per heavy atom. The number of hydrogen-bond donors (Lipinski definition) is 0. The van der Waals surface area contributed by atoms with Gasteiger partial charge < -0.3 is 0 Å². The van der Waals surface area contributed by atoms with Gasteiger partial charge in [-0.1, -0.05) is 29.8 Å². The molecule has 0 saturated heterocycles. The van der Waals surface area contributed by atoms with Crippen LogP contribution in [0.4, 0.5) is 0 Å². The Morgan fingerprint density at radius 1 is 0.857 bits per heavy atom. The first-order chi connectivity index (χ1) is 10.0. The average Bonchev–Trinajstić information content (AvgIpc) is 2.82. The summed E-state index contributed by atoms with van der Waals surface area (Å²) in [4.78, 5) is 4.71. The van der Waals surface area contributed by atoms with Crippen molar-refractivity contribution in [3.63, 3.8) is 0 Å². The minimum atomic E-state index is 1.07. The molecule has 21 heavy (non-hydrogen) atoms. The van der Waals surface area contributed by atoms with Crippen LogP contribution in [0.3, 0.4) is 0 Å². The zero-order valence-corrected chi connectivity index (χ0v) is 13.7. The van der Waals surface area contributed by atoms with Crippen LogP contribution in [0.2, 0.25) is 0 Å². The van der Waals surface area contributed by atoms with Crippen molar-refractivity contribution in [1.29, 1.82) is 0 Å². The van der Waals surface area contributed by atoms with Gasteiger partial charge >= 0.3 is 0 Å². The molecule has 0 aliphatic rings. The van der Waals surface area contributed by atoms with Crippen molar-refractivity contribution >= 4 is 33.7 Å². The van der Waals surface area contributed by atoms with Gasteiger partial charge in [0.25, 0.3) is 0 Å². The summed E-state index contributed by atoms with van der Waals surface area (Å²) >= 11 is 1.75. The Kier molecular flexibility index (Phi) is 3.64. The van der Waals surface area contributed by atoms with Crippen LogP contribution >= 0.6 is 11.3 Å². The van der Waals surface area contributed by atoms with Gasteiger partial charge in [-0.05, 0) is 68.2 Å². The van der Waals surface area contributed by atoms with Gasteiger partial charge in [0.05, 0.1) is 10.2 Å². The highest BCUT2D eigenvalue weighted by Gasteiger charge is 2.04. The molecule has 0 aliphatic heterocycles. The molecule has 0 fully saturated rings. The van der Waals surface area contributed by atoms with Crippen molar-refractivity contribution < 1.29 is 0 Å². The normalized spacial score (nSPS) is 11.6. The molecular weight excluding hydrogens is 274 g/mol. The molecule has 106 valence electrons. The third kappa shape index (κ3) is 2.91. The number of fused-ring (bicyclic) bond motifs is 1. The molecule has 0 radical (unpaired) electrons. The van der Waals surface area contributed by atoms with Gasteiger partial charge in [0.1, 0.15) is 5.01 Å². The fourth-order valence-electron chi connectivity index (χ4n) is 2.37. The van der Waals surface area contributed by atoms with Gasteiger partial charge in [-0.25, -0.2) is 4.98 Å². The summed E-state index contributed by atoms with van der Waals surface area (Å²) in [5.74, 6) is 0. The van der Waals surface area contributed by atoms with E-state index in [-0.39, 0.29) is 0 Å². The fourth-order valence-corrected chi connectivity index (χ4v) is 3.32. The Bertz CT molecular complexity index is 801. The van der Waals surface area contributed by atoms with Crippen LogP contribution in [0, 0.1) is 27.7 Å². The minimum Gasteiger partial charge on any atom is -0.237 e. The maximum Gasteiger partial charge on any atom is 0.117 e. The highest BCUT2D eigenvalue weighted by Crippen LogP contribution is 2.26. The Balaban J connectivity index is 1.97. The molecule has 0 aliphatic carbocycles. The first-order valence-corrected chi connectivity index (χ1v) is 7.98. The number of aryl methyl sites for hydroxylation is 4. The first kappa shape index (κ1) is 14.0. The quantitative estimate of drug-likeness (QED) is 0.590. The topological polar surface area (TPSA) is 12.9 Å². The van der Waals surface area contributed by atoms with E-state index in [1.54, 1.807) is 11.3 Å². The second-order valence-corrected chi connectivity index (χ2v) is 6.71. The number of hydrogen-bond acceptors (Lipinski definition) is 2. The second-order valence-electron chi connectivity index (χ2n) is 5.65. The van der Waals surface area contributed by atoms with Crippen LogP contribution in [-0.4, -0.2) is 4.98 Å². The molecule has 1 nitrogen and oxygen atoms in total. The molecule has 0 bridgehead atoms. The molecule has 1 aromatic heterocycles. The van der Waals surface area contributed by atoms with Crippen LogP contribution in [-0.2, 0) is 0 Å². The predicted octanol–water partition coefficient (Wildman–Crippen LogP) is 5.70. The maximum absolute atomic E-state index is 4.71. The Labute approximate surface area is 130 Å². The molecule has 0 N–H and O–H groups in total. The van der Waals surface area contributed by atoms with Crippen LogP contribution in [0.15, 0.2) is 30.3 Å². The zero-order chi connectivity index (χ0) is 15.0. The van der Waals surface area contributed by atoms with Gasteiger partial charge in [0, 0.05) is 0 Å². The summed E-state index contributed by atoms with van der Waals surface area (Å²) in [6.07, 6.45) is 4.29. The third-order valence-electron chi connectivity index (χ3n) is 3.86.